The molecular weight excluding hydrogens is 240 g/mol. The molecule has 1 unspecified atom stereocenters. The van der Waals surface area contributed by atoms with Gasteiger partial charge in [0.15, 0.2) is 0 Å². The Kier molecular flexibility index (Phi) is 4.58. The van der Waals surface area contributed by atoms with Crippen molar-refractivity contribution >= 4 is 5.82 Å². The van der Waals surface area contributed by atoms with Crippen molar-refractivity contribution in [1.82, 2.24) is 14.9 Å². The number of aryl methyl sites for hydroxylation is 1. The predicted octanol–water partition coefficient (Wildman–Crippen LogP) is 2.00. The number of nitrogens with zero attached hydrogens (tertiary/aromatic N) is 3. The number of nitrogens with one attached hydrogen (secondary N) is 1. The first-order chi connectivity index (χ1) is 9.11. The maximum absolute atomic E-state index is 5.85. The lowest BCUT2D eigenvalue weighted by Gasteiger charge is -2.19. The molecule has 1 aliphatic rings. The average molecular weight is 264 g/mol. The highest BCUT2D eigenvalue weighted by atomic mass is 16.5. The molecule has 5 nitrogen and oxygen atoms in total. The first kappa shape index (κ1) is 14.1. The molecule has 1 atom stereocenters. The summed E-state index contributed by atoms with van der Waals surface area (Å²) < 4.78 is 5.85. The zero-order valence-corrected chi connectivity index (χ0v) is 12.4. The van der Waals surface area contributed by atoms with E-state index in [0.29, 0.717) is 11.9 Å². The standard InChI is InChI=1S/C14H24N4O/c1-10-13(15-3)16-11(2)17-14(10)19-9-7-12-6-5-8-18(12)4/h12H,5-9H2,1-4H3,(H,15,16,17). The van der Waals surface area contributed by atoms with Gasteiger partial charge in [0.1, 0.15) is 11.6 Å². The molecule has 0 bridgehead atoms. The molecule has 1 saturated heterocycles. The van der Waals surface area contributed by atoms with E-state index in [0.717, 1.165) is 30.2 Å². The lowest BCUT2D eigenvalue weighted by molar-refractivity contribution is 0.227. The Morgan fingerprint density at radius 2 is 2.16 bits per heavy atom. The first-order valence-electron chi connectivity index (χ1n) is 6.98. The van der Waals surface area contributed by atoms with Gasteiger partial charge in [-0.2, -0.15) is 4.98 Å². The van der Waals surface area contributed by atoms with E-state index in [1.807, 2.05) is 20.9 Å². The van der Waals surface area contributed by atoms with Gasteiger partial charge in [-0.25, -0.2) is 4.98 Å². The average Bonchev–Trinajstić information content (AvgIpc) is 2.79. The van der Waals surface area contributed by atoms with Crippen molar-refractivity contribution < 1.29 is 4.74 Å². The van der Waals surface area contributed by atoms with Crippen molar-refractivity contribution in [3.63, 3.8) is 0 Å². The molecule has 1 fully saturated rings. The molecule has 1 N–H and O–H groups in total. The lowest BCUT2D eigenvalue weighted by Crippen LogP contribution is -2.26. The van der Waals surface area contributed by atoms with Crippen molar-refractivity contribution in [2.24, 2.45) is 0 Å². The lowest BCUT2D eigenvalue weighted by atomic mass is 10.1. The molecule has 0 saturated carbocycles. The van der Waals surface area contributed by atoms with E-state index in [2.05, 4.69) is 27.2 Å². The fraction of sp³-hybridized carbons (Fsp3) is 0.714. The minimum Gasteiger partial charge on any atom is -0.477 e. The van der Waals surface area contributed by atoms with Gasteiger partial charge in [0, 0.05) is 13.1 Å². The largest absolute Gasteiger partial charge is 0.477 e. The van der Waals surface area contributed by atoms with E-state index in [1.165, 1.54) is 19.4 Å². The highest BCUT2D eigenvalue weighted by molar-refractivity contribution is 5.47. The number of likely N-dealkylation sites (tertiary alicyclic amines) is 1. The molecule has 0 spiro atoms. The third-order valence-electron chi connectivity index (χ3n) is 3.81. The first-order valence-corrected chi connectivity index (χ1v) is 6.98. The normalized spacial score (nSPS) is 19.7. The van der Waals surface area contributed by atoms with Gasteiger partial charge in [-0.1, -0.05) is 0 Å². The molecule has 0 amide bonds. The zero-order valence-electron chi connectivity index (χ0n) is 12.4. The Morgan fingerprint density at radius 3 is 2.79 bits per heavy atom. The molecule has 106 valence electrons. The van der Waals surface area contributed by atoms with Gasteiger partial charge in [0.05, 0.1) is 12.2 Å². The summed E-state index contributed by atoms with van der Waals surface area (Å²) in [6.07, 6.45) is 3.65. The van der Waals surface area contributed by atoms with Crippen LogP contribution in [0.25, 0.3) is 0 Å². The molecule has 19 heavy (non-hydrogen) atoms. The SMILES string of the molecule is CNc1nc(C)nc(OCCC2CCCN2C)c1C. The molecule has 0 aromatic carbocycles. The van der Waals surface area contributed by atoms with Gasteiger partial charge in [0.2, 0.25) is 5.88 Å². The number of rotatable bonds is 5. The number of hydrogen-bond donors (Lipinski definition) is 1. The monoisotopic (exact) mass is 264 g/mol. The summed E-state index contributed by atoms with van der Waals surface area (Å²) in [5.74, 6) is 2.29. The Morgan fingerprint density at radius 1 is 1.37 bits per heavy atom. The quantitative estimate of drug-likeness (QED) is 0.881. The second-order valence-corrected chi connectivity index (χ2v) is 5.21. The van der Waals surface area contributed by atoms with Crippen molar-refractivity contribution in [3.8, 4) is 5.88 Å². The van der Waals surface area contributed by atoms with Crippen LogP contribution in [0.4, 0.5) is 5.82 Å². The fourth-order valence-electron chi connectivity index (χ4n) is 2.62. The van der Waals surface area contributed by atoms with Gasteiger partial charge in [-0.05, 0) is 46.7 Å². The summed E-state index contributed by atoms with van der Waals surface area (Å²) in [5, 5.41) is 3.08. The smallest absolute Gasteiger partial charge is 0.221 e. The molecule has 1 aliphatic heterocycles. The summed E-state index contributed by atoms with van der Waals surface area (Å²) in [6, 6.07) is 0.659. The van der Waals surface area contributed by atoms with Crippen LogP contribution in [0.5, 0.6) is 5.88 Å². The Balaban J connectivity index is 1.94. The third-order valence-corrected chi connectivity index (χ3v) is 3.81. The maximum Gasteiger partial charge on any atom is 0.221 e. The summed E-state index contributed by atoms with van der Waals surface area (Å²) >= 11 is 0. The molecule has 0 radical (unpaired) electrons. The van der Waals surface area contributed by atoms with Crippen LogP contribution in [0.1, 0.15) is 30.7 Å². The van der Waals surface area contributed by atoms with Gasteiger partial charge in [0.25, 0.3) is 0 Å². The van der Waals surface area contributed by atoms with Crippen LogP contribution < -0.4 is 10.1 Å². The van der Waals surface area contributed by atoms with E-state index in [1.54, 1.807) is 0 Å². The molecular formula is C14H24N4O. The van der Waals surface area contributed by atoms with E-state index in [-0.39, 0.29) is 0 Å². The van der Waals surface area contributed by atoms with Crippen molar-refractivity contribution in [3.05, 3.63) is 11.4 Å². The highest BCUT2D eigenvalue weighted by Crippen LogP contribution is 2.23. The van der Waals surface area contributed by atoms with Gasteiger partial charge in [-0.3, -0.25) is 0 Å². The molecule has 2 rings (SSSR count). The molecule has 5 heteroatoms. The van der Waals surface area contributed by atoms with Crippen LogP contribution >= 0.6 is 0 Å². The molecule has 1 aromatic heterocycles. The summed E-state index contributed by atoms with van der Waals surface area (Å²) in [4.78, 5) is 11.1. The summed E-state index contributed by atoms with van der Waals surface area (Å²) in [5.41, 5.74) is 0.980. The molecule has 2 heterocycles. The summed E-state index contributed by atoms with van der Waals surface area (Å²) in [7, 11) is 4.06. The highest BCUT2D eigenvalue weighted by Gasteiger charge is 2.20. The van der Waals surface area contributed by atoms with Gasteiger partial charge < -0.3 is 15.0 Å². The van der Waals surface area contributed by atoms with E-state index in [4.69, 9.17) is 4.74 Å². The van der Waals surface area contributed by atoms with Crippen molar-refractivity contribution in [1.29, 1.82) is 0 Å². The Hall–Kier alpha value is -1.36. The number of ether oxygens (including phenoxy) is 1. The summed E-state index contributed by atoms with van der Waals surface area (Å²) in [6.45, 7) is 5.80. The van der Waals surface area contributed by atoms with E-state index < -0.39 is 0 Å². The van der Waals surface area contributed by atoms with Crippen LogP contribution in [0.2, 0.25) is 0 Å². The zero-order chi connectivity index (χ0) is 13.8. The molecule has 0 aliphatic carbocycles. The van der Waals surface area contributed by atoms with Crippen molar-refractivity contribution in [2.45, 2.75) is 39.2 Å². The minimum atomic E-state index is 0.659. The van der Waals surface area contributed by atoms with E-state index >= 15 is 0 Å². The fourth-order valence-corrected chi connectivity index (χ4v) is 2.62. The maximum atomic E-state index is 5.85. The third kappa shape index (κ3) is 3.35. The van der Waals surface area contributed by atoms with E-state index in [9.17, 15) is 0 Å². The van der Waals surface area contributed by atoms with Crippen molar-refractivity contribution in [2.75, 3.05) is 32.6 Å². The van der Waals surface area contributed by atoms with Gasteiger partial charge in [-0.15, -0.1) is 0 Å². The number of aromatic nitrogens is 2. The van der Waals surface area contributed by atoms with Crippen LogP contribution in [-0.4, -0.2) is 48.2 Å². The topological polar surface area (TPSA) is 50.3 Å². The minimum absolute atomic E-state index is 0.659. The number of hydrogen-bond acceptors (Lipinski definition) is 5. The van der Waals surface area contributed by atoms with Crippen LogP contribution in [0.3, 0.4) is 0 Å². The Labute approximate surface area is 115 Å². The molecule has 1 aromatic rings. The van der Waals surface area contributed by atoms with Crippen LogP contribution in [0.15, 0.2) is 0 Å². The van der Waals surface area contributed by atoms with Gasteiger partial charge >= 0.3 is 0 Å². The second-order valence-electron chi connectivity index (χ2n) is 5.21. The Bertz CT molecular complexity index is 436. The van der Waals surface area contributed by atoms with Crippen LogP contribution in [0, 0.1) is 13.8 Å². The number of anilines is 1. The second kappa shape index (κ2) is 6.19. The van der Waals surface area contributed by atoms with Crippen LogP contribution in [-0.2, 0) is 0 Å². The predicted molar refractivity (Wildman–Crippen MR) is 76.8 cm³/mol.